The average Bonchev–Trinajstić information content (AvgIpc) is 2.91. The molecule has 0 bridgehead atoms. The molecule has 2 aromatic rings. The molecule has 0 radical (unpaired) electrons. The molecule has 13 nitrogen and oxygen atoms in total. The lowest BCUT2D eigenvalue weighted by molar-refractivity contribution is -0.323. The molecule has 2 aliphatic heterocycles. The first kappa shape index (κ1) is 29.6. The van der Waals surface area contributed by atoms with E-state index in [4.69, 9.17) is 23.4 Å². The highest BCUT2D eigenvalue weighted by molar-refractivity contribution is 5.82. The van der Waals surface area contributed by atoms with Gasteiger partial charge < -0.3 is 59.1 Å². The summed E-state index contributed by atoms with van der Waals surface area (Å²) in [5.41, 5.74) is 1.22. The molecular formula is C26H34O13. The summed E-state index contributed by atoms with van der Waals surface area (Å²) in [4.78, 5) is 11.9. The molecule has 0 saturated carbocycles. The van der Waals surface area contributed by atoms with Crippen molar-refractivity contribution in [2.24, 2.45) is 0 Å². The van der Waals surface area contributed by atoms with E-state index in [2.05, 4.69) is 0 Å². The first-order chi connectivity index (χ1) is 18.5. The molecule has 13 heteroatoms. The highest BCUT2D eigenvalue weighted by Crippen LogP contribution is 2.32. The van der Waals surface area contributed by atoms with Crippen LogP contribution in [0.25, 0.3) is 11.0 Å². The van der Waals surface area contributed by atoms with Gasteiger partial charge in [0.2, 0.25) is 6.29 Å². The number of fused-ring (bicyclic) bond motifs is 1. The van der Waals surface area contributed by atoms with Crippen molar-refractivity contribution in [3.8, 4) is 5.75 Å². The molecule has 10 unspecified atom stereocenters. The topological polar surface area (TPSA) is 209 Å². The van der Waals surface area contributed by atoms with Crippen molar-refractivity contribution in [2.45, 2.75) is 81.7 Å². The maximum atomic E-state index is 11.9. The fraction of sp³-hybridized carbons (Fsp3) is 0.577. The van der Waals surface area contributed by atoms with Crippen LogP contribution in [0.1, 0.15) is 19.4 Å². The number of aliphatic hydroxyl groups excluding tert-OH is 7. The van der Waals surface area contributed by atoms with E-state index in [1.807, 2.05) is 19.9 Å². The van der Waals surface area contributed by atoms with Gasteiger partial charge in [0.05, 0.1) is 13.2 Å². The van der Waals surface area contributed by atoms with Crippen molar-refractivity contribution in [3.05, 3.63) is 51.9 Å². The van der Waals surface area contributed by atoms with Crippen LogP contribution in [0.2, 0.25) is 0 Å². The van der Waals surface area contributed by atoms with Crippen LogP contribution in [0.4, 0.5) is 0 Å². The Balaban J connectivity index is 1.54. The van der Waals surface area contributed by atoms with E-state index in [1.54, 1.807) is 18.2 Å². The molecule has 39 heavy (non-hydrogen) atoms. The molecule has 2 fully saturated rings. The SMILES string of the molecule is CC(C)=CCc1c(OC2OC(COC3OC(CO)C(O)C(O)C3O)C(O)C(O)C2O)ccc2ccc(=O)oc12. The molecule has 7 N–H and O–H groups in total. The monoisotopic (exact) mass is 554 g/mol. The summed E-state index contributed by atoms with van der Waals surface area (Å²) in [5, 5.41) is 71.7. The zero-order chi connectivity index (χ0) is 28.4. The average molecular weight is 555 g/mol. The Bertz CT molecular complexity index is 1210. The van der Waals surface area contributed by atoms with Crippen LogP contribution in [0.3, 0.4) is 0 Å². The smallest absolute Gasteiger partial charge is 0.336 e. The number of rotatable bonds is 8. The molecule has 1 aromatic heterocycles. The zero-order valence-corrected chi connectivity index (χ0v) is 21.4. The molecule has 0 aliphatic carbocycles. The van der Waals surface area contributed by atoms with Gasteiger partial charge in [-0.1, -0.05) is 11.6 Å². The molecule has 216 valence electrons. The van der Waals surface area contributed by atoms with Gasteiger partial charge in [0.15, 0.2) is 6.29 Å². The van der Waals surface area contributed by atoms with Crippen molar-refractivity contribution < 1.29 is 59.1 Å². The Labute approximate surface area is 223 Å². The quantitative estimate of drug-likeness (QED) is 0.144. The lowest BCUT2D eigenvalue weighted by atomic mass is 9.98. The zero-order valence-electron chi connectivity index (χ0n) is 21.4. The molecule has 10 atom stereocenters. The molecule has 1 aromatic carbocycles. The van der Waals surface area contributed by atoms with Crippen LogP contribution in [-0.4, -0.2) is 110 Å². The van der Waals surface area contributed by atoms with Crippen LogP contribution in [0.15, 0.2) is 45.1 Å². The second-order valence-corrected chi connectivity index (χ2v) is 9.86. The van der Waals surface area contributed by atoms with E-state index < -0.39 is 80.3 Å². The Kier molecular flexibility index (Phi) is 9.39. The van der Waals surface area contributed by atoms with Crippen molar-refractivity contribution in [3.63, 3.8) is 0 Å². The molecule has 0 spiro atoms. The number of aliphatic hydroxyl groups is 7. The van der Waals surface area contributed by atoms with Gasteiger partial charge >= 0.3 is 5.63 Å². The van der Waals surface area contributed by atoms with E-state index in [0.717, 1.165) is 5.57 Å². The van der Waals surface area contributed by atoms with Crippen LogP contribution in [-0.2, 0) is 20.6 Å². The fourth-order valence-electron chi connectivity index (χ4n) is 4.45. The van der Waals surface area contributed by atoms with E-state index in [9.17, 15) is 40.5 Å². The van der Waals surface area contributed by atoms with E-state index in [-0.39, 0.29) is 11.3 Å². The minimum Gasteiger partial charge on any atom is -0.462 e. The van der Waals surface area contributed by atoms with Crippen molar-refractivity contribution in [1.29, 1.82) is 0 Å². The van der Waals surface area contributed by atoms with Gasteiger partial charge in [0, 0.05) is 17.0 Å². The second kappa shape index (κ2) is 12.4. The van der Waals surface area contributed by atoms with Crippen LogP contribution >= 0.6 is 0 Å². The van der Waals surface area contributed by atoms with Gasteiger partial charge in [-0.15, -0.1) is 0 Å². The number of hydrogen-bond acceptors (Lipinski definition) is 13. The minimum absolute atomic E-state index is 0.204. The third kappa shape index (κ3) is 6.33. The summed E-state index contributed by atoms with van der Waals surface area (Å²) in [6, 6.07) is 6.15. The predicted octanol–water partition coefficient (Wildman–Crippen LogP) is -1.70. The van der Waals surface area contributed by atoms with Crippen LogP contribution in [0.5, 0.6) is 5.75 Å². The summed E-state index contributed by atoms with van der Waals surface area (Å²) in [6.07, 6.45) is -13.3. The van der Waals surface area contributed by atoms with Gasteiger partial charge in [-0.05, 0) is 38.5 Å². The Morgan fingerprint density at radius 1 is 0.846 bits per heavy atom. The maximum Gasteiger partial charge on any atom is 0.336 e. The largest absolute Gasteiger partial charge is 0.462 e. The molecule has 2 aliphatic rings. The van der Waals surface area contributed by atoms with Crippen LogP contribution < -0.4 is 10.4 Å². The maximum absolute atomic E-state index is 11.9. The van der Waals surface area contributed by atoms with Gasteiger partial charge in [0.1, 0.15) is 60.2 Å². The number of allylic oxidation sites excluding steroid dienone is 2. The fourth-order valence-corrected chi connectivity index (χ4v) is 4.45. The van der Waals surface area contributed by atoms with Gasteiger partial charge in [-0.3, -0.25) is 0 Å². The molecular weight excluding hydrogens is 520 g/mol. The lowest BCUT2D eigenvalue weighted by Crippen LogP contribution is -2.62. The second-order valence-electron chi connectivity index (χ2n) is 9.86. The first-order valence-corrected chi connectivity index (χ1v) is 12.5. The Morgan fingerprint density at radius 3 is 2.13 bits per heavy atom. The Morgan fingerprint density at radius 2 is 1.46 bits per heavy atom. The standard InChI is InChI=1S/C26H34O13/c1-11(2)3-6-13-14(7-4-12-5-8-17(28)39-24(12)13)36-26-23(34)21(32)19(30)16(38-26)10-35-25-22(33)20(31)18(29)15(9-27)37-25/h3-5,7-8,15-16,18-23,25-27,29-34H,6,9-10H2,1-2H3. The lowest BCUT2D eigenvalue weighted by Gasteiger charge is -2.42. The van der Waals surface area contributed by atoms with Crippen molar-refractivity contribution in [2.75, 3.05) is 13.2 Å². The van der Waals surface area contributed by atoms with E-state index >= 15 is 0 Å². The number of hydrogen-bond donors (Lipinski definition) is 7. The van der Waals surface area contributed by atoms with Gasteiger partial charge in [0.25, 0.3) is 0 Å². The molecule has 2 saturated heterocycles. The minimum atomic E-state index is -1.72. The Hall–Kier alpha value is -2.43. The van der Waals surface area contributed by atoms with Crippen LogP contribution in [0, 0.1) is 0 Å². The summed E-state index contributed by atoms with van der Waals surface area (Å²) in [6.45, 7) is 2.64. The third-order valence-corrected chi connectivity index (χ3v) is 6.75. The van der Waals surface area contributed by atoms with Crippen molar-refractivity contribution >= 4 is 11.0 Å². The summed E-state index contributed by atoms with van der Waals surface area (Å²) >= 11 is 0. The summed E-state index contributed by atoms with van der Waals surface area (Å²) in [7, 11) is 0. The van der Waals surface area contributed by atoms with Gasteiger partial charge in [-0.2, -0.15) is 0 Å². The van der Waals surface area contributed by atoms with Crippen molar-refractivity contribution in [1.82, 2.24) is 0 Å². The molecule has 0 amide bonds. The summed E-state index contributed by atoms with van der Waals surface area (Å²) < 4.78 is 27.8. The number of ether oxygens (including phenoxy) is 4. The highest BCUT2D eigenvalue weighted by Gasteiger charge is 2.48. The molecule has 3 heterocycles. The van der Waals surface area contributed by atoms with E-state index in [1.165, 1.54) is 6.07 Å². The summed E-state index contributed by atoms with van der Waals surface area (Å²) in [5.74, 6) is 0.204. The normalized spacial score (nSPS) is 35.1. The third-order valence-electron chi connectivity index (χ3n) is 6.75. The first-order valence-electron chi connectivity index (χ1n) is 12.5. The highest BCUT2D eigenvalue weighted by atomic mass is 16.7. The predicted molar refractivity (Wildman–Crippen MR) is 133 cm³/mol. The molecule has 4 rings (SSSR count). The number of benzene rings is 1. The van der Waals surface area contributed by atoms with Gasteiger partial charge in [-0.25, -0.2) is 4.79 Å². The van der Waals surface area contributed by atoms with E-state index in [0.29, 0.717) is 17.4 Å².